The lowest BCUT2D eigenvalue weighted by molar-refractivity contribution is -0.134. The van der Waals surface area contributed by atoms with Crippen LogP contribution in [0.5, 0.6) is 5.75 Å². The summed E-state index contributed by atoms with van der Waals surface area (Å²) in [7, 11) is 0. The lowest BCUT2D eigenvalue weighted by Crippen LogP contribution is -2.40. The van der Waals surface area contributed by atoms with Crippen LogP contribution in [0.1, 0.15) is 18.4 Å². The first-order chi connectivity index (χ1) is 9.11. The summed E-state index contributed by atoms with van der Waals surface area (Å²) in [4.78, 5) is 13.7. The molecular formula is C14H18ClNO3. The molecule has 0 saturated carbocycles. The van der Waals surface area contributed by atoms with Gasteiger partial charge in [0, 0.05) is 11.6 Å². The van der Waals surface area contributed by atoms with Crippen molar-refractivity contribution in [3.05, 3.63) is 28.8 Å². The Kier molecular flexibility index (Phi) is 4.66. The van der Waals surface area contributed by atoms with Crippen molar-refractivity contribution >= 4 is 17.5 Å². The normalized spacial score (nSPS) is 18.7. The van der Waals surface area contributed by atoms with Gasteiger partial charge in [-0.3, -0.25) is 4.79 Å². The van der Waals surface area contributed by atoms with Crippen molar-refractivity contribution in [1.82, 2.24) is 4.90 Å². The minimum absolute atomic E-state index is 0.00241. The Morgan fingerprint density at radius 2 is 2.37 bits per heavy atom. The molecule has 0 bridgehead atoms. The van der Waals surface area contributed by atoms with Gasteiger partial charge in [-0.2, -0.15) is 0 Å². The zero-order valence-electron chi connectivity index (χ0n) is 10.9. The van der Waals surface area contributed by atoms with Crippen LogP contribution in [0.15, 0.2) is 18.2 Å². The molecule has 1 unspecified atom stereocenters. The maximum atomic E-state index is 12.0. The number of aliphatic hydroxyl groups excluding tert-OH is 1. The van der Waals surface area contributed by atoms with Gasteiger partial charge in [0.15, 0.2) is 6.61 Å². The third-order valence-electron chi connectivity index (χ3n) is 3.40. The first kappa shape index (κ1) is 14.2. The molecule has 1 aliphatic rings. The van der Waals surface area contributed by atoms with Crippen LogP contribution >= 0.6 is 11.6 Å². The summed E-state index contributed by atoms with van der Waals surface area (Å²) in [6.07, 6.45) is 1.80. The average Bonchev–Trinajstić information content (AvgIpc) is 2.88. The van der Waals surface area contributed by atoms with Gasteiger partial charge in [-0.25, -0.2) is 0 Å². The minimum Gasteiger partial charge on any atom is -0.484 e. The van der Waals surface area contributed by atoms with Gasteiger partial charge in [0.2, 0.25) is 0 Å². The molecule has 1 amide bonds. The molecule has 4 nitrogen and oxygen atoms in total. The van der Waals surface area contributed by atoms with E-state index in [0.29, 0.717) is 17.3 Å². The molecule has 5 heteroatoms. The van der Waals surface area contributed by atoms with E-state index in [0.717, 1.165) is 18.4 Å². The number of rotatable bonds is 4. The van der Waals surface area contributed by atoms with Gasteiger partial charge in [-0.15, -0.1) is 0 Å². The molecular weight excluding hydrogens is 266 g/mol. The number of carbonyl (C=O) groups excluding carboxylic acids is 1. The lowest BCUT2D eigenvalue weighted by Gasteiger charge is -2.23. The lowest BCUT2D eigenvalue weighted by atomic mass is 10.2. The SMILES string of the molecule is Cc1cc(OCC(=O)N2CCCC2CO)ccc1Cl. The van der Waals surface area contributed by atoms with Crippen molar-refractivity contribution in [3.63, 3.8) is 0 Å². The second-order valence-corrected chi connectivity index (χ2v) is 5.17. The van der Waals surface area contributed by atoms with Crippen molar-refractivity contribution in [2.24, 2.45) is 0 Å². The smallest absolute Gasteiger partial charge is 0.260 e. The average molecular weight is 284 g/mol. The summed E-state index contributed by atoms with van der Waals surface area (Å²) >= 11 is 5.93. The van der Waals surface area contributed by atoms with E-state index < -0.39 is 0 Å². The van der Waals surface area contributed by atoms with Gasteiger partial charge >= 0.3 is 0 Å². The van der Waals surface area contributed by atoms with E-state index in [-0.39, 0.29) is 25.2 Å². The zero-order valence-corrected chi connectivity index (χ0v) is 11.7. The monoisotopic (exact) mass is 283 g/mol. The Labute approximate surface area is 117 Å². The maximum absolute atomic E-state index is 12.0. The topological polar surface area (TPSA) is 49.8 Å². The van der Waals surface area contributed by atoms with Crippen LogP contribution in [-0.4, -0.2) is 41.7 Å². The second-order valence-electron chi connectivity index (χ2n) is 4.77. The number of aliphatic hydroxyl groups is 1. The summed E-state index contributed by atoms with van der Waals surface area (Å²) in [5.74, 6) is 0.555. The largest absolute Gasteiger partial charge is 0.484 e. The number of nitrogens with zero attached hydrogens (tertiary/aromatic N) is 1. The van der Waals surface area contributed by atoms with Crippen LogP contribution < -0.4 is 4.74 Å². The van der Waals surface area contributed by atoms with Gasteiger partial charge in [-0.05, 0) is 43.5 Å². The number of hydrogen-bond acceptors (Lipinski definition) is 3. The summed E-state index contributed by atoms with van der Waals surface area (Å²) in [6, 6.07) is 5.26. The molecule has 0 aliphatic carbocycles. The van der Waals surface area contributed by atoms with E-state index in [1.54, 1.807) is 17.0 Å². The molecule has 0 spiro atoms. The fourth-order valence-corrected chi connectivity index (χ4v) is 2.41. The van der Waals surface area contributed by atoms with Crippen LogP contribution in [0, 0.1) is 6.92 Å². The van der Waals surface area contributed by atoms with E-state index in [2.05, 4.69) is 0 Å². The van der Waals surface area contributed by atoms with Crippen molar-refractivity contribution in [3.8, 4) is 5.75 Å². The predicted molar refractivity (Wildman–Crippen MR) is 73.5 cm³/mol. The summed E-state index contributed by atoms with van der Waals surface area (Å²) < 4.78 is 5.48. The van der Waals surface area contributed by atoms with Crippen LogP contribution in [-0.2, 0) is 4.79 Å². The third-order valence-corrected chi connectivity index (χ3v) is 3.82. The first-order valence-corrected chi connectivity index (χ1v) is 6.79. The number of likely N-dealkylation sites (tertiary alicyclic amines) is 1. The number of halogens is 1. The molecule has 0 aromatic heterocycles. The molecule has 0 radical (unpaired) electrons. The highest BCUT2D eigenvalue weighted by atomic mass is 35.5. The molecule has 1 saturated heterocycles. The summed E-state index contributed by atoms with van der Waals surface area (Å²) in [5, 5.41) is 9.87. The van der Waals surface area contributed by atoms with Crippen molar-refractivity contribution in [2.75, 3.05) is 19.8 Å². The van der Waals surface area contributed by atoms with Crippen LogP contribution in [0.3, 0.4) is 0 Å². The number of amides is 1. The van der Waals surface area contributed by atoms with E-state index in [1.807, 2.05) is 13.0 Å². The highest BCUT2D eigenvalue weighted by Gasteiger charge is 2.28. The molecule has 1 N–H and O–H groups in total. The van der Waals surface area contributed by atoms with E-state index in [1.165, 1.54) is 0 Å². The quantitative estimate of drug-likeness (QED) is 0.920. The summed E-state index contributed by atoms with van der Waals surface area (Å²) in [5.41, 5.74) is 0.918. The standard InChI is InChI=1S/C14H18ClNO3/c1-10-7-12(4-5-13(10)15)19-9-14(18)16-6-2-3-11(16)8-17/h4-5,7,11,17H,2-3,6,8-9H2,1H3. The number of ether oxygens (including phenoxy) is 1. The number of aryl methyl sites for hydroxylation is 1. The molecule has 1 aliphatic heterocycles. The highest BCUT2D eigenvalue weighted by Crippen LogP contribution is 2.21. The van der Waals surface area contributed by atoms with Gasteiger partial charge in [0.25, 0.3) is 5.91 Å². The van der Waals surface area contributed by atoms with E-state index in [9.17, 15) is 9.90 Å². The van der Waals surface area contributed by atoms with Gasteiger partial charge in [-0.1, -0.05) is 11.6 Å². The second kappa shape index (κ2) is 6.26. The zero-order chi connectivity index (χ0) is 13.8. The minimum atomic E-state index is -0.0795. The van der Waals surface area contributed by atoms with Crippen LogP contribution in [0.25, 0.3) is 0 Å². The van der Waals surface area contributed by atoms with Gasteiger partial charge < -0.3 is 14.7 Å². The van der Waals surface area contributed by atoms with E-state index in [4.69, 9.17) is 16.3 Å². The molecule has 2 rings (SSSR count). The predicted octanol–water partition coefficient (Wildman–Crippen LogP) is 2.01. The van der Waals surface area contributed by atoms with Crippen LogP contribution in [0.2, 0.25) is 5.02 Å². The van der Waals surface area contributed by atoms with E-state index >= 15 is 0 Å². The Bertz CT molecular complexity index is 464. The molecule has 1 aromatic rings. The Morgan fingerprint density at radius 3 is 3.05 bits per heavy atom. The Balaban J connectivity index is 1.91. The van der Waals surface area contributed by atoms with Gasteiger partial charge in [0.05, 0.1) is 12.6 Å². The van der Waals surface area contributed by atoms with Crippen molar-refractivity contribution in [1.29, 1.82) is 0 Å². The molecule has 1 aromatic carbocycles. The number of benzene rings is 1. The fraction of sp³-hybridized carbons (Fsp3) is 0.500. The third kappa shape index (κ3) is 3.39. The molecule has 1 atom stereocenters. The highest BCUT2D eigenvalue weighted by molar-refractivity contribution is 6.31. The first-order valence-electron chi connectivity index (χ1n) is 6.41. The molecule has 1 heterocycles. The molecule has 19 heavy (non-hydrogen) atoms. The molecule has 1 fully saturated rings. The maximum Gasteiger partial charge on any atom is 0.260 e. The number of carbonyl (C=O) groups is 1. The van der Waals surface area contributed by atoms with Crippen molar-refractivity contribution < 1.29 is 14.6 Å². The van der Waals surface area contributed by atoms with Gasteiger partial charge in [0.1, 0.15) is 5.75 Å². The van der Waals surface area contributed by atoms with Crippen LogP contribution in [0.4, 0.5) is 0 Å². The molecule has 104 valence electrons. The fourth-order valence-electron chi connectivity index (χ4n) is 2.29. The summed E-state index contributed by atoms with van der Waals surface area (Å²) in [6.45, 7) is 2.61. The Morgan fingerprint density at radius 1 is 1.58 bits per heavy atom. The van der Waals surface area contributed by atoms with Crippen molar-refractivity contribution in [2.45, 2.75) is 25.8 Å². The Hall–Kier alpha value is -1.26. The number of hydrogen-bond donors (Lipinski definition) is 1.